The Balaban J connectivity index is 1.88. The van der Waals surface area contributed by atoms with Crippen molar-refractivity contribution in [2.45, 2.75) is 12.8 Å². The standard InChI is InChI=1S/C15H21N3O3/c16-7-8-17-15(20)12-3-1-9-18(11-12)14(19)6-5-13-4-2-10-21-13/h2,4-6,10,12H,1,3,7-9,11,16H2,(H,17,20). The lowest BCUT2D eigenvalue weighted by Crippen LogP contribution is -2.45. The average Bonchev–Trinajstić information content (AvgIpc) is 3.03. The zero-order valence-electron chi connectivity index (χ0n) is 12.0. The van der Waals surface area contributed by atoms with Crippen molar-refractivity contribution >= 4 is 17.9 Å². The molecule has 1 saturated heterocycles. The quantitative estimate of drug-likeness (QED) is 0.778. The molecule has 2 rings (SSSR count). The van der Waals surface area contributed by atoms with Gasteiger partial charge in [-0.2, -0.15) is 0 Å². The second-order valence-electron chi connectivity index (χ2n) is 5.05. The van der Waals surface area contributed by atoms with Crippen LogP contribution in [-0.2, 0) is 9.59 Å². The Morgan fingerprint density at radius 2 is 2.38 bits per heavy atom. The van der Waals surface area contributed by atoms with Crippen LogP contribution in [0, 0.1) is 5.92 Å². The third-order valence-corrected chi connectivity index (χ3v) is 3.48. The highest BCUT2D eigenvalue weighted by molar-refractivity contribution is 5.92. The van der Waals surface area contributed by atoms with Crippen molar-refractivity contribution in [2.24, 2.45) is 11.7 Å². The van der Waals surface area contributed by atoms with Crippen molar-refractivity contribution < 1.29 is 14.0 Å². The van der Waals surface area contributed by atoms with E-state index >= 15 is 0 Å². The molecule has 0 bridgehead atoms. The number of carbonyl (C=O) groups is 2. The van der Waals surface area contributed by atoms with E-state index in [1.54, 1.807) is 29.4 Å². The van der Waals surface area contributed by atoms with Gasteiger partial charge in [-0.3, -0.25) is 9.59 Å². The van der Waals surface area contributed by atoms with Crippen LogP contribution in [0.1, 0.15) is 18.6 Å². The van der Waals surface area contributed by atoms with Gasteiger partial charge in [-0.15, -0.1) is 0 Å². The highest BCUT2D eigenvalue weighted by atomic mass is 16.3. The molecular weight excluding hydrogens is 270 g/mol. The molecule has 2 amide bonds. The van der Waals surface area contributed by atoms with Gasteiger partial charge in [0.2, 0.25) is 11.8 Å². The van der Waals surface area contributed by atoms with Gasteiger partial charge >= 0.3 is 0 Å². The summed E-state index contributed by atoms with van der Waals surface area (Å²) < 4.78 is 5.14. The van der Waals surface area contributed by atoms with Crippen molar-refractivity contribution in [3.63, 3.8) is 0 Å². The second kappa shape index (κ2) is 7.64. The number of amides is 2. The molecule has 0 aromatic carbocycles. The molecule has 1 aromatic rings. The Labute approximate surface area is 124 Å². The number of piperidine rings is 1. The third kappa shape index (κ3) is 4.46. The maximum Gasteiger partial charge on any atom is 0.246 e. The number of nitrogens with two attached hydrogens (primary N) is 1. The normalized spacial score (nSPS) is 18.9. The van der Waals surface area contributed by atoms with Crippen molar-refractivity contribution in [2.75, 3.05) is 26.2 Å². The fraction of sp³-hybridized carbons (Fsp3) is 0.467. The van der Waals surface area contributed by atoms with Crippen LogP contribution in [0.15, 0.2) is 28.9 Å². The molecule has 1 fully saturated rings. The summed E-state index contributed by atoms with van der Waals surface area (Å²) in [5.41, 5.74) is 5.37. The molecule has 1 atom stereocenters. The van der Waals surface area contributed by atoms with E-state index in [1.807, 2.05) is 0 Å². The Bertz CT molecular complexity index is 496. The number of furan rings is 1. The van der Waals surface area contributed by atoms with E-state index in [4.69, 9.17) is 10.2 Å². The first-order valence-corrected chi connectivity index (χ1v) is 7.19. The molecule has 2 heterocycles. The van der Waals surface area contributed by atoms with Gasteiger partial charge in [0.05, 0.1) is 12.2 Å². The van der Waals surface area contributed by atoms with Crippen LogP contribution in [0.5, 0.6) is 0 Å². The molecule has 1 unspecified atom stereocenters. The lowest BCUT2D eigenvalue weighted by atomic mass is 9.97. The van der Waals surface area contributed by atoms with Crippen LogP contribution in [0.2, 0.25) is 0 Å². The van der Waals surface area contributed by atoms with E-state index in [-0.39, 0.29) is 17.7 Å². The maximum absolute atomic E-state index is 12.1. The highest BCUT2D eigenvalue weighted by Gasteiger charge is 2.27. The SMILES string of the molecule is NCCNC(=O)C1CCCN(C(=O)C=Cc2ccco2)C1. The monoisotopic (exact) mass is 291 g/mol. The molecule has 0 aliphatic carbocycles. The summed E-state index contributed by atoms with van der Waals surface area (Å²) in [6.07, 6.45) is 6.32. The minimum absolute atomic E-state index is 0.0204. The van der Waals surface area contributed by atoms with E-state index in [0.717, 1.165) is 12.8 Å². The van der Waals surface area contributed by atoms with Gasteiger partial charge in [0.25, 0.3) is 0 Å². The summed E-state index contributed by atoms with van der Waals surface area (Å²) in [5.74, 6) is 0.375. The van der Waals surface area contributed by atoms with Gasteiger partial charge in [0.15, 0.2) is 0 Å². The molecule has 114 valence electrons. The minimum Gasteiger partial charge on any atom is -0.465 e. The van der Waals surface area contributed by atoms with Crippen LogP contribution >= 0.6 is 0 Å². The first-order chi connectivity index (χ1) is 10.2. The first-order valence-electron chi connectivity index (χ1n) is 7.19. The predicted molar refractivity (Wildman–Crippen MR) is 79.1 cm³/mol. The third-order valence-electron chi connectivity index (χ3n) is 3.48. The molecule has 21 heavy (non-hydrogen) atoms. The van der Waals surface area contributed by atoms with Gasteiger partial charge in [-0.05, 0) is 31.1 Å². The minimum atomic E-state index is -0.147. The smallest absolute Gasteiger partial charge is 0.246 e. The predicted octanol–water partition coefficient (Wildman–Crippen LogP) is 0.606. The Morgan fingerprint density at radius 3 is 3.10 bits per heavy atom. The molecule has 3 N–H and O–H groups in total. The van der Waals surface area contributed by atoms with Crippen molar-refractivity contribution in [3.8, 4) is 0 Å². The number of hydrogen-bond donors (Lipinski definition) is 2. The molecule has 6 heteroatoms. The average molecular weight is 291 g/mol. The number of nitrogens with one attached hydrogen (secondary N) is 1. The van der Waals surface area contributed by atoms with Crippen LogP contribution in [0.3, 0.4) is 0 Å². The van der Waals surface area contributed by atoms with E-state index in [1.165, 1.54) is 6.08 Å². The van der Waals surface area contributed by atoms with Gasteiger partial charge in [-0.25, -0.2) is 0 Å². The van der Waals surface area contributed by atoms with Crippen molar-refractivity contribution in [1.29, 1.82) is 0 Å². The first kappa shape index (κ1) is 15.3. The maximum atomic E-state index is 12.1. The zero-order valence-corrected chi connectivity index (χ0v) is 12.0. The fourth-order valence-electron chi connectivity index (χ4n) is 2.38. The van der Waals surface area contributed by atoms with Crippen molar-refractivity contribution in [3.05, 3.63) is 30.2 Å². The lowest BCUT2D eigenvalue weighted by molar-refractivity contribution is -0.132. The summed E-state index contributed by atoms with van der Waals surface area (Å²) in [7, 11) is 0. The van der Waals surface area contributed by atoms with Gasteiger partial charge in [-0.1, -0.05) is 0 Å². The highest BCUT2D eigenvalue weighted by Crippen LogP contribution is 2.17. The van der Waals surface area contributed by atoms with Crippen LogP contribution in [0.4, 0.5) is 0 Å². The molecule has 1 aliphatic rings. The fourth-order valence-corrected chi connectivity index (χ4v) is 2.38. The molecule has 0 saturated carbocycles. The molecule has 1 aromatic heterocycles. The molecule has 0 spiro atoms. The van der Waals surface area contributed by atoms with Gasteiger partial charge in [0.1, 0.15) is 5.76 Å². The van der Waals surface area contributed by atoms with E-state index in [9.17, 15) is 9.59 Å². The summed E-state index contributed by atoms with van der Waals surface area (Å²) in [4.78, 5) is 25.8. The largest absolute Gasteiger partial charge is 0.465 e. The van der Waals surface area contributed by atoms with Gasteiger partial charge in [0, 0.05) is 32.3 Å². The summed E-state index contributed by atoms with van der Waals surface area (Å²) in [5, 5.41) is 2.78. The van der Waals surface area contributed by atoms with E-state index < -0.39 is 0 Å². The summed E-state index contributed by atoms with van der Waals surface area (Å²) in [6.45, 7) is 2.04. The zero-order chi connectivity index (χ0) is 15.1. The lowest BCUT2D eigenvalue weighted by Gasteiger charge is -2.31. The van der Waals surface area contributed by atoms with E-state index in [2.05, 4.69) is 5.32 Å². The number of hydrogen-bond acceptors (Lipinski definition) is 4. The number of likely N-dealkylation sites (tertiary alicyclic amines) is 1. The van der Waals surface area contributed by atoms with Crippen LogP contribution < -0.4 is 11.1 Å². The number of nitrogens with zero attached hydrogens (tertiary/aromatic N) is 1. The van der Waals surface area contributed by atoms with Crippen LogP contribution in [-0.4, -0.2) is 42.9 Å². The number of rotatable bonds is 5. The summed E-state index contributed by atoms with van der Waals surface area (Å²) >= 11 is 0. The van der Waals surface area contributed by atoms with Crippen LogP contribution in [0.25, 0.3) is 6.08 Å². The molecule has 6 nitrogen and oxygen atoms in total. The Hall–Kier alpha value is -2.08. The van der Waals surface area contributed by atoms with E-state index in [0.29, 0.717) is 31.9 Å². The summed E-state index contributed by atoms with van der Waals surface area (Å²) in [6, 6.07) is 3.55. The topological polar surface area (TPSA) is 88.6 Å². The molecule has 1 aliphatic heterocycles. The van der Waals surface area contributed by atoms with Gasteiger partial charge < -0.3 is 20.4 Å². The number of carbonyl (C=O) groups excluding carboxylic acids is 2. The Kier molecular flexibility index (Phi) is 5.57. The Morgan fingerprint density at radius 1 is 1.52 bits per heavy atom. The second-order valence-corrected chi connectivity index (χ2v) is 5.05. The molecular formula is C15H21N3O3. The molecule has 0 radical (unpaired) electrons. The van der Waals surface area contributed by atoms with Crippen molar-refractivity contribution in [1.82, 2.24) is 10.2 Å².